The maximum atomic E-state index is 12.0. The third-order valence-electron chi connectivity index (χ3n) is 5.32. The van der Waals surface area contributed by atoms with Crippen LogP contribution in [-0.4, -0.2) is 64.4 Å². The molecule has 0 bridgehead atoms. The van der Waals surface area contributed by atoms with Crippen molar-refractivity contribution in [3.63, 3.8) is 0 Å². The lowest BCUT2D eigenvalue weighted by atomic mass is 10.2. The highest BCUT2D eigenvalue weighted by Gasteiger charge is 2.29. The molecule has 0 radical (unpaired) electrons. The van der Waals surface area contributed by atoms with Gasteiger partial charge in [-0.2, -0.15) is 5.26 Å². The molecule has 2 unspecified atom stereocenters. The molecule has 2 fully saturated rings. The van der Waals surface area contributed by atoms with Crippen molar-refractivity contribution in [3.05, 3.63) is 52.0 Å². The summed E-state index contributed by atoms with van der Waals surface area (Å²) in [6.07, 6.45) is 1.04. The second-order valence-electron chi connectivity index (χ2n) is 8.63. The van der Waals surface area contributed by atoms with E-state index in [4.69, 9.17) is 43.7 Å². The first-order valence-electron chi connectivity index (χ1n) is 11.1. The second kappa shape index (κ2) is 12.3. The molecule has 10 nitrogen and oxygen atoms in total. The van der Waals surface area contributed by atoms with Crippen LogP contribution >= 0.6 is 23.2 Å². The van der Waals surface area contributed by atoms with Crippen LogP contribution in [-0.2, 0) is 24.5 Å². The van der Waals surface area contributed by atoms with Gasteiger partial charge in [0.05, 0.1) is 34.6 Å². The molecule has 200 valence electrons. The van der Waals surface area contributed by atoms with E-state index < -0.39 is 31.6 Å². The Balaban J connectivity index is 0.000000405. The third kappa shape index (κ3) is 9.68. The van der Waals surface area contributed by atoms with Gasteiger partial charge in [0.15, 0.2) is 26.3 Å². The molecule has 3 N–H and O–H groups in total. The zero-order valence-corrected chi connectivity index (χ0v) is 22.7. The van der Waals surface area contributed by atoms with Crippen LogP contribution in [0.25, 0.3) is 0 Å². The Kier molecular flexibility index (Phi) is 9.66. The van der Waals surface area contributed by atoms with Gasteiger partial charge in [-0.1, -0.05) is 23.2 Å². The van der Waals surface area contributed by atoms with E-state index in [1.54, 1.807) is 12.1 Å². The summed E-state index contributed by atoms with van der Waals surface area (Å²) in [7, 11) is -5.80. The Hall–Kier alpha value is -2.56. The summed E-state index contributed by atoms with van der Waals surface area (Å²) in [5.74, 6) is 1.04. The first-order valence-corrected chi connectivity index (χ1v) is 15.5. The molecule has 2 saturated heterocycles. The van der Waals surface area contributed by atoms with E-state index in [-0.39, 0.29) is 35.7 Å². The monoisotopic (exact) mass is 589 g/mol. The molecule has 2 aromatic carbocycles. The number of ether oxygens (including phenoxy) is 2. The van der Waals surface area contributed by atoms with Gasteiger partial charge in [-0.05, 0) is 43.2 Å². The molecule has 0 saturated carbocycles. The van der Waals surface area contributed by atoms with Gasteiger partial charge in [0, 0.05) is 28.2 Å². The number of amides is 1. The van der Waals surface area contributed by atoms with Crippen LogP contribution in [0.15, 0.2) is 36.4 Å². The average molecular weight is 591 g/mol. The van der Waals surface area contributed by atoms with Gasteiger partial charge in [-0.25, -0.2) is 16.8 Å². The molecular formula is C23H25Cl2N3O7S2. The third-order valence-corrected chi connectivity index (χ3v) is 9.31. The SMILES string of the molecule is N#Cc1cc(Cl)cc(Oc2cc(Cl)cc(OCC(=O)NC3CCS(=O)(=O)C3)c2)c1.NC1CCS(=O)(=O)C1. The molecule has 1 amide bonds. The number of hydrogen-bond donors (Lipinski definition) is 2. The summed E-state index contributed by atoms with van der Waals surface area (Å²) in [5, 5.41) is 12.3. The summed E-state index contributed by atoms with van der Waals surface area (Å²) in [6.45, 7) is -0.300. The predicted molar refractivity (Wildman–Crippen MR) is 140 cm³/mol. The fourth-order valence-electron chi connectivity index (χ4n) is 3.65. The van der Waals surface area contributed by atoms with Crippen molar-refractivity contribution in [1.82, 2.24) is 5.32 Å². The summed E-state index contributed by atoms with van der Waals surface area (Å²) < 4.78 is 55.2. The van der Waals surface area contributed by atoms with Gasteiger partial charge in [0.1, 0.15) is 17.2 Å². The standard InChI is InChI=1S/C19H16Cl2N2O5S.C4H9NO2S/c20-13-3-12(9-22)4-17(6-13)28-18-7-14(21)5-16(8-18)27-10-19(24)23-15-1-2-29(25,26)11-15;5-4-1-2-8(6,7)3-4/h3-8,15H,1-2,10-11H2,(H,23,24);4H,1-3,5H2. The number of nitrogens with two attached hydrogens (primary N) is 1. The number of hydrogen-bond acceptors (Lipinski definition) is 9. The molecule has 4 rings (SSSR count). The molecule has 0 spiro atoms. The van der Waals surface area contributed by atoms with Crippen LogP contribution in [0.4, 0.5) is 0 Å². The number of nitriles is 1. The predicted octanol–water partition coefficient (Wildman–Crippen LogP) is 2.47. The minimum atomic E-state index is -3.08. The van der Waals surface area contributed by atoms with Crippen LogP contribution in [0.3, 0.4) is 0 Å². The van der Waals surface area contributed by atoms with Crippen LogP contribution in [0.1, 0.15) is 18.4 Å². The van der Waals surface area contributed by atoms with E-state index in [0.717, 1.165) is 0 Å². The molecule has 2 atom stereocenters. The van der Waals surface area contributed by atoms with E-state index in [2.05, 4.69) is 5.32 Å². The summed E-state index contributed by atoms with van der Waals surface area (Å²) >= 11 is 12.1. The lowest BCUT2D eigenvalue weighted by Crippen LogP contribution is -2.38. The first kappa shape index (κ1) is 29.0. The van der Waals surface area contributed by atoms with Crippen molar-refractivity contribution >= 4 is 48.8 Å². The highest BCUT2D eigenvalue weighted by atomic mass is 35.5. The van der Waals surface area contributed by atoms with E-state index in [0.29, 0.717) is 45.7 Å². The van der Waals surface area contributed by atoms with Gasteiger partial charge in [-0.3, -0.25) is 4.79 Å². The second-order valence-corrected chi connectivity index (χ2v) is 14.0. The van der Waals surface area contributed by atoms with Crippen molar-refractivity contribution in [2.24, 2.45) is 5.73 Å². The number of halogens is 2. The molecule has 14 heteroatoms. The van der Waals surface area contributed by atoms with E-state index in [9.17, 15) is 21.6 Å². The molecule has 0 aliphatic carbocycles. The number of nitrogens with zero attached hydrogens (tertiary/aromatic N) is 1. The minimum Gasteiger partial charge on any atom is -0.484 e. The zero-order valence-electron chi connectivity index (χ0n) is 19.5. The van der Waals surface area contributed by atoms with Crippen molar-refractivity contribution in [1.29, 1.82) is 5.26 Å². The molecule has 37 heavy (non-hydrogen) atoms. The molecule has 0 aromatic heterocycles. The number of nitrogens with one attached hydrogen (secondary N) is 1. The van der Waals surface area contributed by atoms with Crippen LogP contribution < -0.4 is 20.5 Å². The minimum absolute atomic E-state index is 0.0573. The Morgan fingerprint density at radius 1 is 0.946 bits per heavy atom. The molecule has 2 aliphatic rings. The summed E-state index contributed by atoms with van der Waals surface area (Å²) in [4.78, 5) is 12.0. The zero-order chi connectivity index (χ0) is 27.2. The molecule has 2 aromatic rings. The molecule has 2 aliphatic heterocycles. The van der Waals surface area contributed by atoms with Gasteiger partial charge in [0.2, 0.25) is 0 Å². The largest absolute Gasteiger partial charge is 0.484 e. The van der Waals surface area contributed by atoms with Crippen molar-refractivity contribution in [3.8, 4) is 23.3 Å². The van der Waals surface area contributed by atoms with Gasteiger partial charge in [-0.15, -0.1) is 0 Å². The van der Waals surface area contributed by atoms with Crippen LogP contribution in [0, 0.1) is 11.3 Å². The fraction of sp³-hybridized carbons (Fsp3) is 0.391. The van der Waals surface area contributed by atoms with Crippen molar-refractivity contribution < 1.29 is 31.1 Å². The van der Waals surface area contributed by atoms with Crippen LogP contribution in [0.5, 0.6) is 17.2 Å². The van der Waals surface area contributed by atoms with Gasteiger partial charge >= 0.3 is 0 Å². The quantitative estimate of drug-likeness (QED) is 0.514. The number of carbonyl (C=O) groups is 1. The van der Waals surface area contributed by atoms with Gasteiger partial charge in [0.25, 0.3) is 5.91 Å². The Labute approximate surface area is 225 Å². The highest BCUT2D eigenvalue weighted by Crippen LogP contribution is 2.31. The Bertz CT molecular complexity index is 1410. The maximum Gasteiger partial charge on any atom is 0.258 e. The van der Waals surface area contributed by atoms with E-state index in [1.165, 1.54) is 24.3 Å². The summed E-state index contributed by atoms with van der Waals surface area (Å²) in [6, 6.07) is 10.7. The van der Waals surface area contributed by atoms with Crippen molar-refractivity contribution in [2.75, 3.05) is 29.6 Å². The average Bonchev–Trinajstić information content (AvgIpc) is 3.30. The van der Waals surface area contributed by atoms with E-state index in [1.807, 2.05) is 6.07 Å². The number of rotatable bonds is 6. The van der Waals surface area contributed by atoms with Crippen LogP contribution in [0.2, 0.25) is 10.0 Å². The number of benzene rings is 2. The Morgan fingerprint density at radius 3 is 2.08 bits per heavy atom. The Morgan fingerprint density at radius 2 is 1.54 bits per heavy atom. The number of carbonyl (C=O) groups excluding carboxylic acids is 1. The lowest BCUT2D eigenvalue weighted by Gasteiger charge is -2.13. The fourth-order valence-corrected chi connectivity index (χ4v) is 7.41. The maximum absolute atomic E-state index is 12.0. The lowest BCUT2D eigenvalue weighted by molar-refractivity contribution is -0.123. The first-order chi connectivity index (χ1) is 17.3. The normalized spacial score (nSPS) is 21.2. The van der Waals surface area contributed by atoms with Gasteiger partial charge < -0.3 is 20.5 Å². The number of sulfone groups is 2. The smallest absolute Gasteiger partial charge is 0.258 e. The topological polar surface area (TPSA) is 166 Å². The summed E-state index contributed by atoms with van der Waals surface area (Å²) in [5.41, 5.74) is 5.68. The van der Waals surface area contributed by atoms with E-state index >= 15 is 0 Å². The molecule has 2 heterocycles. The highest BCUT2D eigenvalue weighted by molar-refractivity contribution is 7.91. The van der Waals surface area contributed by atoms with Crippen molar-refractivity contribution in [2.45, 2.75) is 24.9 Å². The molecular weight excluding hydrogens is 565 g/mol.